The van der Waals surface area contributed by atoms with Crippen LogP contribution in [0.3, 0.4) is 0 Å². The Labute approximate surface area is 154 Å². The lowest BCUT2D eigenvalue weighted by atomic mass is 9.98. The molecule has 1 saturated heterocycles. The van der Waals surface area contributed by atoms with Crippen LogP contribution in [-0.4, -0.2) is 52.3 Å². The molecule has 0 spiro atoms. The number of amides is 1. The molecule has 0 bridgehead atoms. The lowest BCUT2D eigenvalue weighted by Gasteiger charge is -2.32. The van der Waals surface area contributed by atoms with E-state index in [1.54, 1.807) is 16.9 Å². The Bertz CT molecular complexity index is 633. The van der Waals surface area contributed by atoms with Gasteiger partial charge in [-0.1, -0.05) is 6.07 Å². The number of hydrogen-bond acceptors (Lipinski definition) is 4. The van der Waals surface area contributed by atoms with E-state index >= 15 is 0 Å². The fraction of sp³-hybridized carbons (Fsp3) is 0.438. The molecule has 0 saturated carbocycles. The monoisotopic (exact) mass is 371 g/mol. The summed E-state index contributed by atoms with van der Waals surface area (Å²) in [6.07, 6.45) is 5.74. The van der Waals surface area contributed by atoms with Crippen LogP contribution in [0.25, 0.3) is 5.82 Å². The third-order valence-electron chi connectivity index (χ3n) is 3.99. The first kappa shape index (κ1) is 20.4. The van der Waals surface area contributed by atoms with Crippen LogP contribution in [0.5, 0.6) is 0 Å². The number of rotatable bonds is 4. The van der Waals surface area contributed by atoms with Gasteiger partial charge in [-0.2, -0.15) is 5.10 Å². The first-order valence-corrected chi connectivity index (χ1v) is 7.69. The molecule has 1 fully saturated rings. The largest absolute Gasteiger partial charge is 0.337 e. The second-order valence-corrected chi connectivity index (χ2v) is 5.65. The van der Waals surface area contributed by atoms with Crippen molar-refractivity contribution in [1.29, 1.82) is 0 Å². The number of hydrogen-bond donors (Lipinski definition) is 1. The topological polar surface area (TPSA) is 63.1 Å². The number of carbonyl (C=O) groups is 1. The van der Waals surface area contributed by atoms with E-state index in [0.29, 0.717) is 17.4 Å². The van der Waals surface area contributed by atoms with E-state index < -0.39 is 0 Å². The molecule has 1 aliphatic rings. The number of halogens is 2. The maximum Gasteiger partial charge on any atom is 0.272 e. The Morgan fingerprint density at radius 1 is 1.33 bits per heavy atom. The molecular weight excluding hydrogens is 349 g/mol. The Kier molecular flexibility index (Phi) is 8.18. The normalized spacial score (nSPS) is 16.9. The van der Waals surface area contributed by atoms with Gasteiger partial charge in [0, 0.05) is 25.5 Å². The molecule has 1 aliphatic heterocycles. The maximum absolute atomic E-state index is 12.7. The van der Waals surface area contributed by atoms with E-state index in [1.165, 1.54) is 6.42 Å². The van der Waals surface area contributed by atoms with Crippen LogP contribution in [0.4, 0.5) is 0 Å². The summed E-state index contributed by atoms with van der Waals surface area (Å²) in [5.74, 6) is 1.20. The van der Waals surface area contributed by atoms with Gasteiger partial charge in [-0.15, -0.1) is 24.8 Å². The molecule has 3 rings (SSSR count). The predicted octanol–water partition coefficient (Wildman–Crippen LogP) is 2.18. The minimum absolute atomic E-state index is 0. The Balaban J connectivity index is 0.00000144. The molecule has 2 aromatic heterocycles. The number of piperidine rings is 1. The van der Waals surface area contributed by atoms with Crippen molar-refractivity contribution < 1.29 is 4.79 Å². The van der Waals surface area contributed by atoms with E-state index in [1.807, 2.05) is 36.3 Å². The van der Waals surface area contributed by atoms with Crippen molar-refractivity contribution in [3.8, 4) is 5.82 Å². The van der Waals surface area contributed by atoms with Gasteiger partial charge >= 0.3 is 0 Å². The van der Waals surface area contributed by atoms with Crippen molar-refractivity contribution in [1.82, 2.24) is 25.0 Å². The Morgan fingerprint density at radius 2 is 2.17 bits per heavy atom. The molecule has 132 valence electrons. The van der Waals surface area contributed by atoms with E-state index in [9.17, 15) is 4.79 Å². The maximum atomic E-state index is 12.7. The lowest BCUT2D eigenvalue weighted by Crippen LogP contribution is -2.42. The van der Waals surface area contributed by atoms with Gasteiger partial charge in [-0.25, -0.2) is 9.67 Å². The second kappa shape index (κ2) is 9.61. The minimum atomic E-state index is 0. The summed E-state index contributed by atoms with van der Waals surface area (Å²) in [5.41, 5.74) is 0.484. The fourth-order valence-electron chi connectivity index (χ4n) is 2.94. The zero-order chi connectivity index (χ0) is 15.4. The van der Waals surface area contributed by atoms with Crippen LogP contribution in [0.1, 0.15) is 23.3 Å². The molecule has 1 atom stereocenters. The van der Waals surface area contributed by atoms with Gasteiger partial charge in [-0.05, 0) is 50.6 Å². The molecule has 0 aromatic carbocycles. The highest BCUT2D eigenvalue weighted by Gasteiger charge is 2.24. The van der Waals surface area contributed by atoms with E-state index in [2.05, 4.69) is 15.4 Å². The van der Waals surface area contributed by atoms with Crippen molar-refractivity contribution in [2.24, 2.45) is 5.92 Å². The van der Waals surface area contributed by atoms with Gasteiger partial charge in [0.2, 0.25) is 0 Å². The van der Waals surface area contributed by atoms with Gasteiger partial charge in [0.05, 0.1) is 0 Å². The summed E-state index contributed by atoms with van der Waals surface area (Å²) >= 11 is 0. The summed E-state index contributed by atoms with van der Waals surface area (Å²) in [6.45, 7) is 2.56. The SMILES string of the molecule is CNCC1CCCN(C(=O)c2cccc(-n3cccn3)n2)C1.Cl.Cl. The first-order valence-electron chi connectivity index (χ1n) is 7.69. The Morgan fingerprint density at radius 3 is 2.88 bits per heavy atom. The van der Waals surface area contributed by atoms with Crippen LogP contribution in [0, 0.1) is 5.92 Å². The lowest BCUT2D eigenvalue weighted by molar-refractivity contribution is 0.0668. The van der Waals surface area contributed by atoms with Crippen LogP contribution in [-0.2, 0) is 0 Å². The minimum Gasteiger partial charge on any atom is -0.337 e. The molecule has 3 heterocycles. The zero-order valence-corrected chi connectivity index (χ0v) is 15.2. The van der Waals surface area contributed by atoms with E-state index in [-0.39, 0.29) is 30.7 Å². The third-order valence-corrected chi connectivity index (χ3v) is 3.99. The molecular formula is C16H23Cl2N5O. The number of pyridine rings is 1. The Hall–Kier alpha value is -1.63. The van der Waals surface area contributed by atoms with Crippen molar-refractivity contribution in [2.75, 3.05) is 26.7 Å². The summed E-state index contributed by atoms with van der Waals surface area (Å²) in [7, 11) is 1.95. The van der Waals surface area contributed by atoms with Gasteiger partial charge in [-0.3, -0.25) is 4.79 Å². The van der Waals surface area contributed by atoms with Crippen LogP contribution >= 0.6 is 24.8 Å². The molecule has 1 amide bonds. The molecule has 1 unspecified atom stereocenters. The molecule has 2 aromatic rings. The molecule has 6 nitrogen and oxygen atoms in total. The highest BCUT2D eigenvalue weighted by Crippen LogP contribution is 2.18. The second-order valence-electron chi connectivity index (χ2n) is 5.65. The van der Waals surface area contributed by atoms with Gasteiger partial charge < -0.3 is 10.2 Å². The number of likely N-dealkylation sites (tertiary alicyclic amines) is 1. The van der Waals surface area contributed by atoms with Gasteiger partial charge in [0.25, 0.3) is 5.91 Å². The average molecular weight is 372 g/mol. The summed E-state index contributed by atoms with van der Waals surface area (Å²) < 4.78 is 1.66. The number of nitrogens with zero attached hydrogens (tertiary/aromatic N) is 4. The van der Waals surface area contributed by atoms with Gasteiger partial charge in [0.15, 0.2) is 5.82 Å². The molecule has 24 heavy (non-hydrogen) atoms. The average Bonchev–Trinajstić information content (AvgIpc) is 3.09. The zero-order valence-electron chi connectivity index (χ0n) is 13.6. The third kappa shape index (κ3) is 4.69. The number of aromatic nitrogens is 3. The van der Waals surface area contributed by atoms with E-state index in [4.69, 9.17) is 0 Å². The van der Waals surface area contributed by atoms with Crippen molar-refractivity contribution in [2.45, 2.75) is 12.8 Å². The first-order chi connectivity index (χ1) is 10.8. The van der Waals surface area contributed by atoms with Gasteiger partial charge in [0.1, 0.15) is 5.69 Å². The molecule has 0 radical (unpaired) electrons. The summed E-state index contributed by atoms with van der Waals surface area (Å²) in [6, 6.07) is 7.32. The van der Waals surface area contributed by atoms with Crippen molar-refractivity contribution in [3.63, 3.8) is 0 Å². The highest BCUT2D eigenvalue weighted by atomic mass is 35.5. The van der Waals surface area contributed by atoms with E-state index in [0.717, 1.165) is 26.1 Å². The number of nitrogens with one attached hydrogen (secondary N) is 1. The molecule has 8 heteroatoms. The number of carbonyl (C=O) groups excluding carboxylic acids is 1. The van der Waals surface area contributed by atoms with Crippen LogP contribution < -0.4 is 5.32 Å². The predicted molar refractivity (Wildman–Crippen MR) is 98.4 cm³/mol. The molecule has 0 aliphatic carbocycles. The fourth-order valence-corrected chi connectivity index (χ4v) is 2.94. The smallest absolute Gasteiger partial charge is 0.272 e. The highest BCUT2D eigenvalue weighted by molar-refractivity contribution is 5.92. The summed E-state index contributed by atoms with van der Waals surface area (Å²) in [4.78, 5) is 19.1. The summed E-state index contributed by atoms with van der Waals surface area (Å²) in [5, 5.41) is 7.36. The standard InChI is InChI=1S/C16H21N5O.2ClH/c1-17-11-13-5-3-9-20(12-13)16(22)14-6-2-7-15(19-14)21-10-4-8-18-21;;/h2,4,6-8,10,13,17H,3,5,9,11-12H2,1H3;2*1H. The molecule has 1 N–H and O–H groups in total. The van der Waals surface area contributed by atoms with Crippen LogP contribution in [0.15, 0.2) is 36.7 Å². The van der Waals surface area contributed by atoms with Crippen molar-refractivity contribution >= 4 is 30.7 Å². The van der Waals surface area contributed by atoms with Crippen molar-refractivity contribution in [3.05, 3.63) is 42.4 Å². The quantitative estimate of drug-likeness (QED) is 0.894. The van der Waals surface area contributed by atoms with Crippen LogP contribution in [0.2, 0.25) is 0 Å².